The van der Waals surface area contributed by atoms with Crippen LogP contribution in [0.1, 0.15) is 15.9 Å². The number of carbonyl (C=O) groups excluding carboxylic acids is 2. The van der Waals surface area contributed by atoms with Gasteiger partial charge in [0.15, 0.2) is 0 Å². The summed E-state index contributed by atoms with van der Waals surface area (Å²) in [4.78, 5) is 22.0. The normalized spacial score (nSPS) is 14.3. The highest BCUT2D eigenvalue weighted by atomic mass is 19.1. The van der Waals surface area contributed by atoms with Crippen LogP contribution in [0.3, 0.4) is 0 Å². The van der Waals surface area contributed by atoms with Gasteiger partial charge in [0.2, 0.25) is 0 Å². The molecule has 0 saturated heterocycles. The van der Waals surface area contributed by atoms with E-state index in [1.54, 1.807) is 6.92 Å². The van der Waals surface area contributed by atoms with Crippen molar-refractivity contribution in [2.45, 2.75) is 6.92 Å². The van der Waals surface area contributed by atoms with E-state index in [-0.39, 0.29) is 11.3 Å². The number of aryl methyl sites for hydroxylation is 1. The molecule has 2 rings (SSSR count). The predicted molar refractivity (Wildman–Crippen MR) is 44.1 cm³/mol. The summed E-state index contributed by atoms with van der Waals surface area (Å²) < 4.78 is 13.1. The maximum absolute atomic E-state index is 13.1. The van der Waals surface area contributed by atoms with Crippen LogP contribution in [-0.2, 0) is 4.79 Å². The minimum atomic E-state index is -0.764. The highest BCUT2D eigenvalue weighted by Gasteiger charge is 2.30. The molecule has 0 aliphatic carbocycles. The second-order valence-electron chi connectivity index (χ2n) is 2.95. The van der Waals surface area contributed by atoms with Gasteiger partial charge in [0.1, 0.15) is 5.82 Å². The average molecular weight is 179 g/mol. The Labute approximate surface area is 73.6 Å². The second kappa shape index (κ2) is 2.39. The molecule has 0 unspecified atom stereocenters. The lowest BCUT2D eigenvalue weighted by Gasteiger charge is -1.99. The fourth-order valence-electron chi connectivity index (χ4n) is 1.34. The van der Waals surface area contributed by atoms with E-state index in [4.69, 9.17) is 0 Å². The third kappa shape index (κ3) is 1.02. The summed E-state index contributed by atoms with van der Waals surface area (Å²) in [6, 6.07) is 2.77. The zero-order valence-electron chi connectivity index (χ0n) is 6.85. The number of Topliss-reactive ketones (excluding diaryl/α,β-unsaturated/α-hetero) is 1. The van der Waals surface area contributed by atoms with Gasteiger partial charge < -0.3 is 5.32 Å². The minimum absolute atomic E-state index is 0.000556. The number of halogens is 1. The Hall–Kier alpha value is -1.71. The van der Waals surface area contributed by atoms with Gasteiger partial charge in [0, 0.05) is 0 Å². The summed E-state index contributed by atoms with van der Waals surface area (Å²) in [7, 11) is 0. The molecule has 4 heteroatoms. The Bertz CT molecular complexity index is 426. The molecule has 3 nitrogen and oxygen atoms in total. The van der Waals surface area contributed by atoms with E-state index in [1.165, 1.54) is 12.1 Å². The van der Waals surface area contributed by atoms with Gasteiger partial charge in [0.25, 0.3) is 11.7 Å². The standard InChI is InChI=1S/C9H6FNO2/c1-4-2-5-7(6(10)3-4)11-9(13)8(5)12/h2-3H,1H3,(H,11,12,13). The summed E-state index contributed by atoms with van der Waals surface area (Å²) in [5.41, 5.74) is 0.754. The fourth-order valence-corrected chi connectivity index (χ4v) is 1.34. The second-order valence-corrected chi connectivity index (χ2v) is 2.95. The van der Waals surface area contributed by atoms with Crippen molar-refractivity contribution in [3.63, 3.8) is 0 Å². The molecule has 1 heterocycles. The molecule has 66 valence electrons. The third-order valence-electron chi connectivity index (χ3n) is 1.92. The summed E-state index contributed by atoms with van der Waals surface area (Å²) in [5, 5.41) is 2.18. The van der Waals surface area contributed by atoms with Gasteiger partial charge in [-0.2, -0.15) is 0 Å². The maximum atomic E-state index is 13.1. The summed E-state index contributed by atoms with van der Waals surface area (Å²) in [5.74, 6) is -1.99. The van der Waals surface area contributed by atoms with Crippen molar-refractivity contribution in [3.8, 4) is 0 Å². The highest BCUT2D eigenvalue weighted by Crippen LogP contribution is 2.27. The van der Waals surface area contributed by atoms with E-state index in [1.807, 2.05) is 0 Å². The monoisotopic (exact) mass is 179 g/mol. The molecule has 13 heavy (non-hydrogen) atoms. The van der Waals surface area contributed by atoms with Crippen LogP contribution in [0.15, 0.2) is 12.1 Å². The number of fused-ring (bicyclic) bond motifs is 1. The first-order valence-corrected chi connectivity index (χ1v) is 3.75. The van der Waals surface area contributed by atoms with Crippen LogP contribution in [0.5, 0.6) is 0 Å². The summed E-state index contributed by atoms with van der Waals surface area (Å²) in [6.07, 6.45) is 0. The van der Waals surface area contributed by atoms with Gasteiger partial charge in [-0.3, -0.25) is 9.59 Å². The molecule has 1 aliphatic rings. The molecule has 1 N–H and O–H groups in total. The van der Waals surface area contributed by atoms with E-state index < -0.39 is 17.5 Å². The number of hydrogen-bond donors (Lipinski definition) is 1. The number of carbonyl (C=O) groups is 2. The van der Waals surface area contributed by atoms with Gasteiger partial charge in [0.05, 0.1) is 11.3 Å². The van der Waals surface area contributed by atoms with E-state index in [9.17, 15) is 14.0 Å². The molecule has 1 aromatic carbocycles. The van der Waals surface area contributed by atoms with Crippen molar-refractivity contribution in [3.05, 3.63) is 29.1 Å². The SMILES string of the molecule is Cc1cc(F)c2c(c1)C(=O)C(=O)N2. The van der Waals surface area contributed by atoms with E-state index in [2.05, 4.69) is 5.32 Å². The molecule has 1 aliphatic heterocycles. The van der Waals surface area contributed by atoms with Crippen LogP contribution in [0.4, 0.5) is 10.1 Å². The van der Waals surface area contributed by atoms with Crippen molar-refractivity contribution >= 4 is 17.4 Å². The molecule has 0 radical (unpaired) electrons. The fraction of sp³-hybridized carbons (Fsp3) is 0.111. The summed E-state index contributed by atoms with van der Waals surface area (Å²) >= 11 is 0. The Kier molecular flexibility index (Phi) is 1.45. The minimum Gasteiger partial charge on any atom is -0.316 e. The molecule has 1 aromatic rings. The lowest BCUT2D eigenvalue weighted by Crippen LogP contribution is -2.12. The number of benzene rings is 1. The number of anilines is 1. The van der Waals surface area contributed by atoms with Crippen molar-refractivity contribution in [1.82, 2.24) is 0 Å². The first kappa shape index (κ1) is 7.91. The average Bonchev–Trinajstić information content (AvgIpc) is 2.32. The van der Waals surface area contributed by atoms with E-state index >= 15 is 0 Å². The number of amides is 1. The van der Waals surface area contributed by atoms with Crippen LogP contribution in [0.25, 0.3) is 0 Å². The molecule has 0 atom stereocenters. The Balaban J connectivity index is 2.70. The van der Waals surface area contributed by atoms with Crippen molar-refractivity contribution < 1.29 is 14.0 Å². The number of hydrogen-bond acceptors (Lipinski definition) is 2. The Morgan fingerprint density at radius 1 is 1.31 bits per heavy atom. The lowest BCUT2D eigenvalue weighted by molar-refractivity contribution is -0.112. The van der Waals surface area contributed by atoms with Gasteiger partial charge in [-0.25, -0.2) is 4.39 Å². The first-order chi connectivity index (χ1) is 6.09. The number of nitrogens with one attached hydrogen (secondary N) is 1. The first-order valence-electron chi connectivity index (χ1n) is 3.75. The summed E-state index contributed by atoms with van der Waals surface area (Å²) in [6.45, 7) is 1.67. The number of rotatable bonds is 0. The molecule has 1 amide bonds. The molecule has 0 bridgehead atoms. The Morgan fingerprint density at radius 2 is 2.00 bits per heavy atom. The van der Waals surface area contributed by atoms with Crippen LogP contribution < -0.4 is 5.32 Å². The van der Waals surface area contributed by atoms with Gasteiger partial charge in [-0.15, -0.1) is 0 Å². The molecule has 0 fully saturated rings. The zero-order valence-corrected chi connectivity index (χ0v) is 6.85. The maximum Gasteiger partial charge on any atom is 0.296 e. The van der Waals surface area contributed by atoms with E-state index in [0.717, 1.165) is 0 Å². The molecular weight excluding hydrogens is 173 g/mol. The van der Waals surface area contributed by atoms with Crippen LogP contribution in [0, 0.1) is 12.7 Å². The van der Waals surface area contributed by atoms with Crippen LogP contribution in [0.2, 0.25) is 0 Å². The van der Waals surface area contributed by atoms with Gasteiger partial charge in [-0.05, 0) is 24.6 Å². The smallest absolute Gasteiger partial charge is 0.296 e. The van der Waals surface area contributed by atoms with Crippen molar-refractivity contribution in [1.29, 1.82) is 0 Å². The highest BCUT2D eigenvalue weighted by molar-refractivity contribution is 6.51. The quantitative estimate of drug-likeness (QED) is 0.609. The van der Waals surface area contributed by atoms with Gasteiger partial charge >= 0.3 is 0 Å². The lowest BCUT2D eigenvalue weighted by atomic mass is 10.1. The largest absolute Gasteiger partial charge is 0.316 e. The molecule has 0 saturated carbocycles. The molecular formula is C9H6FNO2. The van der Waals surface area contributed by atoms with Crippen molar-refractivity contribution in [2.75, 3.05) is 5.32 Å². The molecule has 0 spiro atoms. The van der Waals surface area contributed by atoms with Crippen molar-refractivity contribution in [2.24, 2.45) is 0 Å². The molecule has 0 aromatic heterocycles. The predicted octanol–water partition coefficient (Wildman–Crippen LogP) is 1.27. The zero-order chi connectivity index (χ0) is 9.59. The van der Waals surface area contributed by atoms with E-state index in [0.29, 0.717) is 5.56 Å². The van der Waals surface area contributed by atoms with Gasteiger partial charge in [-0.1, -0.05) is 0 Å². The third-order valence-corrected chi connectivity index (χ3v) is 1.92. The Morgan fingerprint density at radius 3 is 2.69 bits per heavy atom. The number of ketones is 1. The van der Waals surface area contributed by atoms with Crippen LogP contribution in [-0.4, -0.2) is 11.7 Å². The van der Waals surface area contributed by atoms with Crippen LogP contribution >= 0.6 is 0 Å². The topological polar surface area (TPSA) is 46.2 Å².